The fraction of sp³-hybridized carbons (Fsp3) is 0.375. The van der Waals surface area contributed by atoms with Crippen LogP contribution in [0.2, 0.25) is 0 Å². The lowest BCUT2D eigenvalue weighted by Crippen LogP contribution is -2.04. The molecule has 12 heavy (non-hydrogen) atoms. The van der Waals surface area contributed by atoms with Crippen molar-refractivity contribution in [2.24, 2.45) is 0 Å². The van der Waals surface area contributed by atoms with Crippen molar-refractivity contribution in [2.45, 2.75) is 0 Å². The van der Waals surface area contributed by atoms with Gasteiger partial charge in [-0.3, -0.25) is 4.98 Å². The molecule has 1 aromatic heterocycles. The lowest BCUT2D eigenvalue weighted by atomic mass is 10.5. The van der Waals surface area contributed by atoms with Crippen molar-refractivity contribution in [3.8, 4) is 5.75 Å². The molecule has 3 nitrogen and oxygen atoms in total. The molecule has 0 spiro atoms. The summed E-state index contributed by atoms with van der Waals surface area (Å²) < 4.78 is 32.6. The van der Waals surface area contributed by atoms with Crippen LogP contribution in [-0.2, 0) is 4.74 Å². The molecule has 1 aromatic rings. The van der Waals surface area contributed by atoms with Gasteiger partial charge in [0.05, 0.1) is 16.9 Å². The van der Waals surface area contributed by atoms with Gasteiger partial charge in [-0.2, -0.15) is 0 Å². The van der Waals surface area contributed by atoms with Gasteiger partial charge in [-0.15, -0.1) is 0 Å². The topological polar surface area (TPSA) is 31.4 Å². The molecule has 0 aliphatic rings. The predicted octanol–water partition coefficient (Wildman–Crippen LogP) is 1.87. The van der Waals surface area contributed by atoms with E-state index in [1.807, 2.05) is 0 Å². The minimum Gasteiger partial charge on any atom is -0.490 e. The molecule has 0 aliphatic carbocycles. The average molecular weight is 235 g/mol. The third kappa shape index (κ3) is 3.19. The van der Waals surface area contributed by atoms with Crippen LogP contribution in [0, 0.1) is 0 Å². The van der Waals surface area contributed by atoms with Crippen molar-refractivity contribution in [1.29, 1.82) is 0 Å². The zero-order valence-electron chi connectivity index (χ0n) is 9.56. The van der Waals surface area contributed by atoms with Gasteiger partial charge in [-0.1, -0.05) is 0 Å². The average Bonchev–Trinajstić information content (AvgIpc) is 2.20. The zero-order valence-corrected chi connectivity index (χ0v) is 8.14. The highest BCUT2D eigenvalue weighted by Gasteiger charge is 1.93. The number of methoxy groups -OCH3 is 1. The van der Waals surface area contributed by atoms with Crippen LogP contribution in [0.15, 0.2) is 22.9 Å². The highest BCUT2D eigenvalue weighted by molar-refractivity contribution is 9.10. The lowest BCUT2D eigenvalue weighted by Gasteiger charge is -2.04. The van der Waals surface area contributed by atoms with E-state index in [0.717, 1.165) is 0 Å². The minimum absolute atomic E-state index is 0.0314. The van der Waals surface area contributed by atoms with Crippen molar-refractivity contribution in [2.75, 3.05) is 20.3 Å². The van der Waals surface area contributed by atoms with Crippen LogP contribution >= 0.6 is 15.9 Å². The molecule has 0 radical (unpaired) electrons. The van der Waals surface area contributed by atoms with Crippen LogP contribution in [0.4, 0.5) is 0 Å². The molecule has 1 rings (SSSR count). The molecule has 1 heterocycles. The van der Waals surface area contributed by atoms with E-state index in [-0.39, 0.29) is 35.2 Å². The summed E-state index contributed by atoms with van der Waals surface area (Å²) in [5.41, 5.74) is 0. The molecular formula is C8H10BrNO2. The summed E-state index contributed by atoms with van der Waals surface area (Å²) >= 11 is 3.04. The standard InChI is InChI=1S/C8H10BrNO2/c1-11-2-3-12-8-4-7(9)5-10-6-8/h4-6H,2-3H2,1H3/i4D,5D,6D. The van der Waals surface area contributed by atoms with E-state index >= 15 is 0 Å². The molecule has 0 bridgehead atoms. The fourth-order valence-corrected chi connectivity index (χ4v) is 0.848. The van der Waals surface area contributed by atoms with Gasteiger partial charge in [-0.25, -0.2) is 0 Å². The normalized spacial score (nSPS) is 13.3. The van der Waals surface area contributed by atoms with Crippen LogP contribution < -0.4 is 4.74 Å². The Hall–Kier alpha value is -0.610. The van der Waals surface area contributed by atoms with Gasteiger partial charge >= 0.3 is 0 Å². The van der Waals surface area contributed by atoms with Gasteiger partial charge in [0.2, 0.25) is 0 Å². The highest BCUT2D eigenvalue weighted by atomic mass is 79.9. The maximum absolute atomic E-state index is 7.62. The first kappa shape index (κ1) is 5.94. The van der Waals surface area contributed by atoms with E-state index < -0.39 is 0 Å². The summed E-state index contributed by atoms with van der Waals surface area (Å²) in [4.78, 5) is 3.61. The van der Waals surface area contributed by atoms with Crippen molar-refractivity contribution in [3.05, 3.63) is 22.9 Å². The van der Waals surface area contributed by atoms with Crippen LogP contribution in [0.5, 0.6) is 5.75 Å². The second-order valence-electron chi connectivity index (χ2n) is 1.94. The molecule has 0 atom stereocenters. The zero-order chi connectivity index (χ0) is 11.4. The minimum atomic E-state index is -0.204. The van der Waals surface area contributed by atoms with Crippen molar-refractivity contribution in [1.82, 2.24) is 4.98 Å². The largest absolute Gasteiger partial charge is 0.490 e. The van der Waals surface area contributed by atoms with E-state index in [1.54, 1.807) is 0 Å². The molecule has 66 valence electrons. The Kier molecular flexibility index (Phi) is 2.53. The van der Waals surface area contributed by atoms with Crippen LogP contribution in [0.25, 0.3) is 0 Å². The lowest BCUT2D eigenvalue weighted by molar-refractivity contribution is 0.146. The SMILES string of the molecule is [2H]c1nc([2H])c(OCCOC)c([2H])c1Br. The number of ether oxygens (including phenoxy) is 2. The van der Waals surface area contributed by atoms with Gasteiger partial charge in [0.15, 0.2) is 0 Å². The maximum atomic E-state index is 7.62. The first-order chi connectivity index (χ1) is 7.07. The van der Waals surface area contributed by atoms with Crippen LogP contribution in [0.3, 0.4) is 0 Å². The van der Waals surface area contributed by atoms with Gasteiger partial charge in [-0.05, 0) is 22.0 Å². The Morgan fingerprint density at radius 3 is 3.17 bits per heavy atom. The first-order valence-electron chi connectivity index (χ1n) is 4.83. The summed E-state index contributed by atoms with van der Waals surface area (Å²) in [6.45, 7) is 0.624. The van der Waals surface area contributed by atoms with E-state index in [0.29, 0.717) is 6.61 Å². The van der Waals surface area contributed by atoms with Gasteiger partial charge in [0.1, 0.15) is 12.4 Å². The van der Waals surface area contributed by atoms with E-state index in [1.165, 1.54) is 7.11 Å². The summed E-state index contributed by atoms with van der Waals surface area (Å²) in [6, 6.07) is -0.0314. The summed E-state index contributed by atoms with van der Waals surface area (Å²) in [7, 11) is 1.54. The monoisotopic (exact) mass is 234 g/mol. The molecule has 0 fully saturated rings. The van der Waals surface area contributed by atoms with Crippen LogP contribution in [-0.4, -0.2) is 25.3 Å². The van der Waals surface area contributed by atoms with Crippen molar-refractivity contribution >= 4 is 15.9 Å². The highest BCUT2D eigenvalue weighted by Crippen LogP contribution is 2.15. The number of hydrogen-bond acceptors (Lipinski definition) is 3. The second kappa shape index (κ2) is 5.11. The molecule has 0 N–H and O–H groups in total. The number of rotatable bonds is 4. The summed E-state index contributed by atoms with van der Waals surface area (Å²) in [5.74, 6) is 0.0647. The van der Waals surface area contributed by atoms with Crippen LogP contribution in [0.1, 0.15) is 4.11 Å². The number of pyridine rings is 1. The van der Waals surface area contributed by atoms with Gasteiger partial charge < -0.3 is 9.47 Å². The molecule has 4 heteroatoms. The van der Waals surface area contributed by atoms with E-state index in [2.05, 4.69) is 20.9 Å². The fourth-order valence-electron chi connectivity index (χ4n) is 0.579. The number of nitrogens with zero attached hydrogens (tertiary/aromatic N) is 1. The number of halogens is 1. The maximum Gasteiger partial charge on any atom is 0.138 e. The van der Waals surface area contributed by atoms with Gasteiger partial charge in [0, 0.05) is 17.8 Å². The van der Waals surface area contributed by atoms with Gasteiger partial charge in [0.25, 0.3) is 0 Å². The summed E-state index contributed by atoms with van der Waals surface area (Å²) in [6.07, 6.45) is -0.339. The smallest absolute Gasteiger partial charge is 0.138 e. The third-order valence-electron chi connectivity index (χ3n) is 1.07. The molecular weight excluding hydrogens is 222 g/mol. The molecule has 0 unspecified atom stereocenters. The molecule has 0 saturated heterocycles. The molecule has 0 aromatic carbocycles. The quantitative estimate of drug-likeness (QED) is 0.746. The third-order valence-corrected chi connectivity index (χ3v) is 1.44. The molecule has 0 aliphatic heterocycles. The Balaban J connectivity index is 2.92. The second-order valence-corrected chi connectivity index (χ2v) is 2.74. The Morgan fingerprint density at radius 2 is 2.42 bits per heavy atom. The Labute approximate surface area is 84.1 Å². The summed E-state index contributed by atoms with van der Waals surface area (Å²) in [5, 5.41) is 0. The Bertz CT molecular complexity index is 362. The van der Waals surface area contributed by atoms with E-state index in [9.17, 15) is 0 Å². The molecule has 0 saturated carbocycles. The number of aromatic nitrogens is 1. The number of hydrogen-bond donors (Lipinski definition) is 0. The first-order valence-corrected chi connectivity index (χ1v) is 4.12. The Morgan fingerprint density at radius 1 is 1.58 bits per heavy atom. The van der Waals surface area contributed by atoms with E-state index in [4.69, 9.17) is 13.6 Å². The molecule has 0 amide bonds. The van der Waals surface area contributed by atoms with Crippen molar-refractivity contribution < 1.29 is 13.6 Å². The van der Waals surface area contributed by atoms with Crippen molar-refractivity contribution in [3.63, 3.8) is 0 Å². The predicted molar refractivity (Wildman–Crippen MR) is 49.3 cm³/mol.